The Morgan fingerprint density at radius 2 is 1.44 bits per heavy atom. The molecule has 0 aliphatic carbocycles. The minimum atomic E-state index is -0.0967. The number of nitrogens with zero attached hydrogens (tertiary/aromatic N) is 2. The summed E-state index contributed by atoms with van der Waals surface area (Å²) in [5.74, 6) is 0. The molecule has 1 N–H and O–H groups in total. The molecule has 0 radical (unpaired) electrons. The number of nitrogens with one attached hydrogen (secondary N) is 1. The van der Waals surface area contributed by atoms with Gasteiger partial charge in [0.25, 0.3) is 0 Å². The third-order valence-corrected chi connectivity index (χ3v) is 14.1. The van der Waals surface area contributed by atoms with E-state index in [0.29, 0.717) is 8.68 Å². The Morgan fingerprint density at radius 3 is 1.81 bits per heavy atom. The van der Waals surface area contributed by atoms with E-state index in [1.807, 2.05) is 0 Å². The van der Waals surface area contributed by atoms with Crippen LogP contribution in [-0.2, 0) is 0 Å². The van der Waals surface area contributed by atoms with Crippen LogP contribution in [0.4, 0.5) is 0 Å². The van der Waals surface area contributed by atoms with E-state index in [2.05, 4.69) is 49.1 Å². The zero-order chi connectivity index (χ0) is 13.0. The van der Waals surface area contributed by atoms with Gasteiger partial charge in [0.15, 0.2) is 0 Å². The molecule has 0 aliphatic heterocycles. The van der Waals surface area contributed by atoms with E-state index in [1.165, 1.54) is 33.0 Å². The van der Waals surface area contributed by atoms with Crippen molar-refractivity contribution in [3.8, 4) is 0 Å². The fraction of sp³-hybridized carbons (Fsp3) is 1.00. The van der Waals surface area contributed by atoms with E-state index in [9.17, 15) is 0 Å². The average Bonchev–Trinajstić information content (AvgIpc) is 1.98. The first-order valence-electron chi connectivity index (χ1n) is 5.82. The molecule has 0 fully saturated rings. The summed E-state index contributed by atoms with van der Waals surface area (Å²) in [6, 6.07) is 0. The van der Waals surface area contributed by atoms with Gasteiger partial charge in [-0.05, 0) is 0 Å². The maximum atomic E-state index is 3.46. The zero-order valence-corrected chi connectivity index (χ0v) is 21.2. The Morgan fingerprint density at radius 1 is 1.00 bits per heavy atom. The quantitative estimate of drug-likeness (QED) is 0.277. The van der Waals surface area contributed by atoms with Gasteiger partial charge in [-0.1, -0.05) is 0 Å². The molecule has 92 valence electrons. The monoisotopic (exact) mass is 398 g/mol. The normalized spacial score (nSPS) is 13.5. The Kier molecular flexibility index (Phi) is 9.51. The topological polar surface area (TPSA) is 18.5 Å². The Labute approximate surface area is 142 Å². The first kappa shape index (κ1) is 18.7. The SMILES string of the molecule is CN[C](C)(C)[AlH][N]([AlH2])[I-][N]([AlH2])[AlH][C](C)(C)C. The summed E-state index contributed by atoms with van der Waals surface area (Å²) < 4.78 is 6.67. The van der Waals surface area contributed by atoms with Gasteiger partial charge in [-0.2, -0.15) is 0 Å². The van der Waals surface area contributed by atoms with Gasteiger partial charge in [-0.3, -0.25) is 0 Å². The molecule has 0 aliphatic rings. The van der Waals surface area contributed by atoms with Gasteiger partial charge < -0.3 is 0 Å². The summed E-state index contributed by atoms with van der Waals surface area (Å²) in [4.78, 5) is 0. The van der Waals surface area contributed by atoms with Crippen molar-refractivity contribution in [2.24, 2.45) is 0 Å². The van der Waals surface area contributed by atoms with Crippen LogP contribution >= 0.6 is 0 Å². The van der Waals surface area contributed by atoms with E-state index in [-0.39, 0.29) is 52.6 Å². The van der Waals surface area contributed by atoms with Crippen LogP contribution in [0.25, 0.3) is 0 Å². The summed E-state index contributed by atoms with van der Waals surface area (Å²) >= 11 is 2.69. The first-order valence-corrected chi connectivity index (χ1v) is 12.2. The van der Waals surface area contributed by atoms with Crippen LogP contribution in [0.5, 0.6) is 0 Å². The summed E-state index contributed by atoms with van der Waals surface area (Å²) in [5.41, 5.74) is 0. The molecule has 0 spiro atoms. The molecule has 0 aromatic heterocycles. The molecule has 0 aromatic carbocycles. The van der Waals surface area contributed by atoms with Crippen LogP contribution in [-0.4, -0.2) is 77.5 Å². The van der Waals surface area contributed by atoms with Crippen molar-refractivity contribution in [1.82, 2.24) is 7.48 Å². The van der Waals surface area contributed by atoms with Crippen LogP contribution in [0, 0.1) is 0 Å². The Bertz CT molecular complexity index is 210. The van der Waals surface area contributed by atoms with E-state index in [4.69, 9.17) is 0 Å². The van der Waals surface area contributed by atoms with Crippen LogP contribution < -0.4 is 27.1 Å². The van der Waals surface area contributed by atoms with Crippen molar-refractivity contribution >= 4 is 63.9 Å². The Balaban J connectivity index is 4.01. The minimum absolute atomic E-state index is 0.00186. The van der Waals surface area contributed by atoms with E-state index in [1.54, 1.807) is 0 Å². The third kappa shape index (κ3) is 10.6. The van der Waals surface area contributed by atoms with Gasteiger partial charge in [0.05, 0.1) is 0 Å². The molecule has 0 aromatic rings. The van der Waals surface area contributed by atoms with Gasteiger partial charge in [0.1, 0.15) is 0 Å². The number of rotatable bonds is 6. The molecule has 0 saturated heterocycles. The maximum absolute atomic E-state index is 3.46. The zero-order valence-electron chi connectivity index (χ0n) is 12.2. The fourth-order valence-electron chi connectivity index (χ4n) is 1.55. The summed E-state index contributed by atoms with van der Waals surface area (Å²) in [6.45, 7) is 11.9. The van der Waals surface area contributed by atoms with Crippen LogP contribution in [0.15, 0.2) is 0 Å². The van der Waals surface area contributed by atoms with Gasteiger partial charge in [0.2, 0.25) is 0 Å². The molecule has 0 unspecified atom stereocenters. The molecular formula is C8H25Al4IN3-. The molecule has 3 nitrogen and oxygen atoms in total. The molecule has 0 bridgehead atoms. The molecule has 0 saturated carbocycles. The summed E-state index contributed by atoms with van der Waals surface area (Å²) in [6.07, 6.45) is 0. The third-order valence-electron chi connectivity index (χ3n) is 2.24. The summed E-state index contributed by atoms with van der Waals surface area (Å²) in [7, 11) is 2.10. The second-order valence-electron chi connectivity index (χ2n) is 6.30. The van der Waals surface area contributed by atoms with E-state index >= 15 is 0 Å². The van der Waals surface area contributed by atoms with Gasteiger partial charge in [-0.25, -0.2) is 0 Å². The van der Waals surface area contributed by atoms with E-state index in [0.717, 1.165) is 0 Å². The number of halogens is 1. The van der Waals surface area contributed by atoms with Gasteiger partial charge in [-0.15, -0.1) is 0 Å². The number of hydrogen-bond acceptors (Lipinski definition) is 3. The van der Waals surface area contributed by atoms with E-state index < -0.39 is 0 Å². The molecule has 0 atom stereocenters. The molecule has 8 heteroatoms. The van der Waals surface area contributed by atoms with Gasteiger partial charge in [0, 0.05) is 0 Å². The van der Waals surface area contributed by atoms with Gasteiger partial charge >= 0.3 is 143 Å². The van der Waals surface area contributed by atoms with Crippen LogP contribution in [0.2, 0.25) is 4.28 Å². The van der Waals surface area contributed by atoms with Crippen molar-refractivity contribution in [2.45, 2.75) is 43.3 Å². The second-order valence-corrected chi connectivity index (χ2v) is 27.3. The first-order chi connectivity index (χ1) is 7.06. The molecule has 16 heavy (non-hydrogen) atoms. The molecule has 0 heterocycles. The number of hydrogen-bond donors (Lipinski definition) is 1. The predicted octanol–water partition coefficient (Wildman–Crippen LogP) is -4.52. The van der Waals surface area contributed by atoms with Crippen molar-refractivity contribution < 1.29 is 21.8 Å². The standard InChI is InChI=1S/C4H10N.C4H9.4Al.IN2.6H/c1-4(2)5-3;1-4(2)3;;;;;2-1-3;;;;;;/h5H,1-3H3;1-3H3;;;;;;;;;;;/q;;;;;;-1;;;;;;. The average molecular weight is 398 g/mol. The molecule has 0 rings (SSSR count). The fourth-order valence-corrected chi connectivity index (χ4v) is 29.1. The van der Waals surface area contributed by atoms with Crippen molar-refractivity contribution in [1.29, 1.82) is 0 Å². The van der Waals surface area contributed by atoms with Crippen LogP contribution in [0.3, 0.4) is 0 Å². The predicted molar refractivity (Wildman–Crippen MR) is 77.9 cm³/mol. The van der Waals surface area contributed by atoms with Crippen molar-refractivity contribution in [3.63, 3.8) is 0 Å². The van der Waals surface area contributed by atoms with Crippen molar-refractivity contribution in [3.05, 3.63) is 0 Å². The molecule has 0 amide bonds. The Hall–Kier alpha value is 2.74. The van der Waals surface area contributed by atoms with Crippen LogP contribution in [0.1, 0.15) is 34.6 Å². The van der Waals surface area contributed by atoms with Crippen molar-refractivity contribution in [2.75, 3.05) is 7.05 Å². The summed E-state index contributed by atoms with van der Waals surface area (Å²) in [5, 5.41) is 3.46. The molecular weight excluding hydrogens is 373 g/mol. The second kappa shape index (κ2) is 8.12.